The molecule has 2 aromatic rings. The maximum absolute atomic E-state index is 4.31. The number of fused-ring (bicyclic) bond motifs is 1. The third-order valence-electron chi connectivity index (χ3n) is 1.71. The Balaban J connectivity index is 2.67. The Labute approximate surface area is 76.2 Å². The van der Waals surface area contributed by atoms with E-state index in [4.69, 9.17) is 0 Å². The van der Waals surface area contributed by atoms with Crippen LogP contribution in [0.3, 0.4) is 0 Å². The molecule has 2 rings (SSSR count). The van der Waals surface area contributed by atoms with Crippen molar-refractivity contribution >= 4 is 29.5 Å². The van der Waals surface area contributed by atoms with Crippen molar-refractivity contribution in [3.05, 3.63) is 36.4 Å². The van der Waals surface area contributed by atoms with Crippen molar-refractivity contribution in [2.24, 2.45) is 0 Å². The Morgan fingerprint density at radius 3 is 2.75 bits per heavy atom. The molecule has 0 saturated carbocycles. The molecule has 1 N–H and O–H groups in total. The average molecular weight is 176 g/mol. The van der Waals surface area contributed by atoms with Gasteiger partial charge in [-0.15, -0.1) is 0 Å². The van der Waals surface area contributed by atoms with E-state index in [-0.39, 0.29) is 0 Å². The quantitative estimate of drug-likeness (QED) is 0.652. The molecule has 0 fully saturated rings. The topological polar surface area (TPSA) is 24.9 Å². The van der Waals surface area contributed by atoms with E-state index in [1.54, 1.807) is 0 Å². The molecule has 1 heterocycles. The molecule has 60 valence electrons. The van der Waals surface area contributed by atoms with Gasteiger partial charge < -0.3 is 4.72 Å². The number of hydrogen-bond acceptors (Lipinski definition) is 3. The summed E-state index contributed by atoms with van der Waals surface area (Å²) in [6.07, 6.45) is 0. The van der Waals surface area contributed by atoms with Crippen molar-refractivity contribution in [1.29, 1.82) is 0 Å². The lowest BCUT2D eigenvalue weighted by Gasteiger charge is -1.99. The Kier molecular flexibility index (Phi) is 1.87. The third-order valence-corrected chi connectivity index (χ3v) is 1.94. The van der Waals surface area contributed by atoms with Gasteiger partial charge in [-0.1, -0.05) is 31.0 Å². The molecule has 0 atom stereocenters. The fourth-order valence-corrected chi connectivity index (χ4v) is 1.25. The van der Waals surface area contributed by atoms with Gasteiger partial charge in [0.05, 0.1) is 5.52 Å². The number of thiol groups is 1. The number of nitrogens with one attached hydrogen (secondary N) is 1. The molecule has 0 bridgehead atoms. The largest absolute Gasteiger partial charge is 0.317 e. The fraction of sp³-hybridized carbons (Fsp3) is 0. The van der Waals surface area contributed by atoms with E-state index in [2.05, 4.69) is 22.5 Å². The standard InChI is InChI=1S/C9H8N2S/c12-11-9-6-5-7-3-1-2-4-8(7)10-9/h1-6,12H,(H,10,11). The SMILES string of the molecule is SNc1ccc2ccccc2n1. The monoisotopic (exact) mass is 176 g/mol. The molecule has 0 unspecified atom stereocenters. The third kappa shape index (κ3) is 1.23. The van der Waals surface area contributed by atoms with E-state index in [1.165, 1.54) is 0 Å². The maximum Gasteiger partial charge on any atom is 0.136 e. The second kappa shape index (κ2) is 3.03. The van der Waals surface area contributed by atoms with Crippen LogP contribution in [-0.2, 0) is 0 Å². The van der Waals surface area contributed by atoms with Gasteiger partial charge in [0.2, 0.25) is 0 Å². The highest BCUT2D eigenvalue weighted by atomic mass is 32.1. The van der Waals surface area contributed by atoms with Gasteiger partial charge in [-0.3, -0.25) is 0 Å². The first-order valence-corrected chi connectivity index (χ1v) is 4.11. The summed E-state index contributed by atoms with van der Waals surface area (Å²) >= 11 is 3.92. The van der Waals surface area contributed by atoms with E-state index >= 15 is 0 Å². The van der Waals surface area contributed by atoms with Crippen LogP contribution in [-0.4, -0.2) is 4.98 Å². The Morgan fingerprint density at radius 2 is 1.92 bits per heavy atom. The summed E-state index contributed by atoms with van der Waals surface area (Å²) in [7, 11) is 0. The highest BCUT2D eigenvalue weighted by Gasteiger charge is 1.93. The van der Waals surface area contributed by atoms with Crippen LogP contribution in [0.4, 0.5) is 5.82 Å². The molecule has 0 aliphatic heterocycles. The van der Waals surface area contributed by atoms with Crippen molar-refractivity contribution in [3.8, 4) is 0 Å². The van der Waals surface area contributed by atoms with E-state index in [9.17, 15) is 0 Å². The normalized spacial score (nSPS) is 10.1. The zero-order chi connectivity index (χ0) is 8.39. The second-order valence-electron chi connectivity index (χ2n) is 2.50. The summed E-state index contributed by atoms with van der Waals surface area (Å²) in [5.41, 5.74) is 0.983. The molecule has 0 saturated heterocycles. The van der Waals surface area contributed by atoms with E-state index in [0.717, 1.165) is 16.7 Å². The lowest BCUT2D eigenvalue weighted by molar-refractivity contribution is 1.42. The first-order valence-electron chi connectivity index (χ1n) is 3.66. The number of benzene rings is 1. The van der Waals surface area contributed by atoms with Crippen molar-refractivity contribution in [1.82, 2.24) is 4.98 Å². The molecular weight excluding hydrogens is 168 g/mol. The van der Waals surface area contributed by atoms with E-state index < -0.39 is 0 Å². The highest BCUT2D eigenvalue weighted by molar-refractivity contribution is 7.81. The average Bonchev–Trinajstić information content (AvgIpc) is 2.17. The summed E-state index contributed by atoms with van der Waals surface area (Å²) in [6, 6.07) is 11.9. The molecule has 0 aliphatic carbocycles. The summed E-state index contributed by atoms with van der Waals surface area (Å²) in [5, 5.41) is 1.14. The molecule has 3 heteroatoms. The lowest BCUT2D eigenvalue weighted by Crippen LogP contribution is -1.85. The molecule has 12 heavy (non-hydrogen) atoms. The summed E-state index contributed by atoms with van der Waals surface area (Å²) in [5.74, 6) is 0.775. The van der Waals surface area contributed by atoms with Crippen LogP contribution in [0.1, 0.15) is 0 Å². The predicted octanol–water partition coefficient (Wildman–Crippen LogP) is 2.49. The van der Waals surface area contributed by atoms with Gasteiger partial charge in [0, 0.05) is 5.39 Å². The zero-order valence-corrected chi connectivity index (χ0v) is 7.25. The van der Waals surface area contributed by atoms with Gasteiger partial charge >= 0.3 is 0 Å². The smallest absolute Gasteiger partial charge is 0.136 e. The number of pyridine rings is 1. The van der Waals surface area contributed by atoms with Crippen molar-refractivity contribution < 1.29 is 0 Å². The minimum atomic E-state index is 0.775. The van der Waals surface area contributed by atoms with Crippen molar-refractivity contribution in [2.45, 2.75) is 0 Å². The zero-order valence-electron chi connectivity index (χ0n) is 6.36. The molecule has 1 aromatic carbocycles. The Morgan fingerprint density at radius 1 is 1.08 bits per heavy atom. The Hall–Kier alpha value is -1.22. The number of rotatable bonds is 1. The number of nitrogens with zero attached hydrogens (tertiary/aromatic N) is 1. The second-order valence-corrected chi connectivity index (χ2v) is 2.72. The van der Waals surface area contributed by atoms with Crippen LogP contribution < -0.4 is 4.72 Å². The molecule has 1 aromatic heterocycles. The number of aromatic nitrogens is 1. The van der Waals surface area contributed by atoms with Gasteiger partial charge in [-0.25, -0.2) is 4.98 Å². The van der Waals surface area contributed by atoms with Crippen LogP contribution in [0, 0.1) is 0 Å². The highest BCUT2D eigenvalue weighted by Crippen LogP contribution is 2.14. The van der Waals surface area contributed by atoms with Gasteiger partial charge in [-0.2, -0.15) is 0 Å². The van der Waals surface area contributed by atoms with Gasteiger partial charge in [-0.05, 0) is 18.2 Å². The van der Waals surface area contributed by atoms with Crippen LogP contribution in [0.2, 0.25) is 0 Å². The van der Waals surface area contributed by atoms with Crippen LogP contribution in [0.5, 0.6) is 0 Å². The summed E-state index contributed by atoms with van der Waals surface area (Å²) in [4.78, 5) is 4.31. The number of anilines is 1. The van der Waals surface area contributed by atoms with Gasteiger partial charge in [0.1, 0.15) is 5.82 Å². The van der Waals surface area contributed by atoms with Crippen LogP contribution in [0.15, 0.2) is 36.4 Å². The molecule has 0 amide bonds. The fourth-order valence-electron chi connectivity index (χ4n) is 1.13. The van der Waals surface area contributed by atoms with Gasteiger partial charge in [0.15, 0.2) is 0 Å². The summed E-state index contributed by atoms with van der Waals surface area (Å²) < 4.78 is 2.70. The predicted molar refractivity (Wildman–Crippen MR) is 54.4 cm³/mol. The van der Waals surface area contributed by atoms with E-state index in [1.807, 2.05) is 36.4 Å². The van der Waals surface area contributed by atoms with Crippen LogP contribution in [0.25, 0.3) is 10.9 Å². The first-order chi connectivity index (χ1) is 5.90. The Bertz CT molecular complexity index is 400. The molecule has 0 spiro atoms. The minimum absolute atomic E-state index is 0.775. The lowest BCUT2D eigenvalue weighted by atomic mass is 10.2. The van der Waals surface area contributed by atoms with Crippen molar-refractivity contribution in [2.75, 3.05) is 4.72 Å². The minimum Gasteiger partial charge on any atom is -0.317 e. The molecule has 0 aliphatic rings. The maximum atomic E-state index is 4.31. The van der Waals surface area contributed by atoms with Gasteiger partial charge in [0.25, 0.3) is 0 Å². The van der Waals surface area contributed by atoms with E-state index in [0.29, 0.717) is 0 Å². The number of para-hydroxylation sites is 1. The number of hydrogen-bond donors (Lipinski definition) is 2. The molecule has 0 radical (unpaired) electrons. The molecular formula is C9H8N2S. The van der Waals surface area contributed by atoms with Crippen molar-refractivity contribution in [3.63, 3.8) is 0 Å². The molecule has 2 nitrogen and oxygen atoms in total. The van der Waals surface area contributed by atoms with Crippen LogP contribution >= 0.6 is 12.8 Å². The first kappa shape index (κ1) is 7.43. The summed E-state index contributed by atoms with van der Waals surface area (Å²) in [6.45, 7) is 0.